The molecule has 6 heteroatoms. The van der Waals surface area contributed by atoms with Crippen molar-refractivity contribution in [1.82, 2.24) is 15.5 Å². The lowest BCUT2D eigenvalue weighted by molar-refractivity contribution is -0.0161. The van der Waals surface area contributed by atoms with Crippen LogP contribution in [0.15, 0.2) is 17.1 Å². The first kappa shape index (κ1) is 16.7. The molecule has 0 amide bonds. The summed E-state index contributed by atoms with van der Waals surface area (Å²) in [7, 11) is 3.94. The lowest BCUT2D eigenvalue weighted by Crippen LogP contribution is -2.49. The van der Waals surface area contributed by atoms with Crippen LogP contribution in [0.3, 0.4) is 0 Å². The molecule has 2 rings (SSSR count). The van der Waals surface area contributed by atoms with Crippen molar-refractivity contribution < 1.29 is 4.74 Å². The van der Waals surface area contributed by atoms with Gasteiger partial charge in [-0.25, -0.2) is 0 Å². The summed E-state index contributed by atoms with van der Waals surface area (Å²) in [5.74, 6) is 0.875. The Bertz CT molecular complexity index is 314. The van der Waals surface area contributed by atoms with Crippen LogP contribution in [0.25, 0.3) is 0 Å². The van der Waals surface area contributed by atoms with E-state index in [1.54, 1.807) is 0 Å². The number of nitrogens with zero attached hydrogens (tertiary/aromatic N) is 2. The molecule has 2 aliphatic rings. The van der Waals surface area contributed by atoms with E-state index < -0.39 is 0 Å². The molecule has 1 heterocycles. The van der Waals surface area contributed by atoms with Gasteiger partial charge < -0.3 is 20.3 Å². The van der Waals surface area contributed by atoms with E-state index >= 15 is 0 Å². The van der Waals surface area contributed by atoms with Crippen LogP contribution < -0.4 is 10.6 Å². The smallest absolute Gasteiger partial charge is 0.191 e. The molecule has 1 aliphatic heterocycles. The number of halogens is 1. The molecular weight excluding hydrogens is 355 g/mol. The summed E-state index contributed by atoms with van der Waals surface area (Å²) in [5.41, 5.74) is 0. The van der Waals surface area contributed by atoms with Crippen LogP contribution in [-0.4, -0.2) is 63.3 Å². The van der Waals surface area contributed by atoms with Crippen LogP contribution in [0.1, 0.15) is 12.8 Å². The van der Waals surface area contributed by atoms with Gasteiger partial charge in [0.1, 0.15) is 0 Å². The second kappa shape index (κ2) is 8.76. The molecule has 1 aliphatic carbocycles. The third-order valence-electron chi connectivity index (χ3n) is 3.41. The Kier molecular flexibility index (Phi) is 7.70. The van der Waals surface area contributed by atoms with Crippen molar-refractivity contribution in [3.63, 3.8) is 0 Å². The van der Waals surface area contributed by atoms with E-state index in [4.69, 9.17) is 4.74 Å². The fraction of sp³-hybridized carbons (Fsp3) is 0.769. The van der Waals surface area contributed by atoms with Crippen molar-refractivity contribution in [3.8, 4) is 0 Å². The number of guanidine groups is 1. The maximum absolute atomic E-state index is 5.71. The number of aliphatic imine (C=N–C) groups is 1. The highest BCUT2D eigenvalue weighted by molar-refractivity contribution is 14.0. The normalized spacial score (nSPS) is 25.2. The minimum Gasteiger partial charge on any atom is -0.374 e. The number of hydrogen-bond donors (Lipinski definition) is 2. The number of nitrogens with one attached hydrogen (secondary N) is 2. The van der Waals surface area contributed by atoms with E-state index in [2.05, 4.69) is 39.7 Å². The molecule has 0 spiro atoms. The van der Waals surface area contributed by atoms with Gasteiger partial charge in [-0.15, -0.1) is 24.0 Å². The number of hydrogen-bond acceptors (Lipinski definition) is 3. The summed E-state index contributed by atoms with van der Waals surface area (Å²) in [5, 5.41) is 6.77. The number of likely N-dealkylation sites (N-methyl/N-ethyl adjacent to an activating group) is 1. The Labute approximate surface area is 132 Å². The van der Waals surface area contributed by atoms with E-state index in [9.17, 15) is 0 Å². The van der Waals surface area contributed by atoms with E-state index in [0.717, 1.165) is 45.0 Å². The van der Waals surface area contributed by atoms with Crippen molar-refractivity contribution in [2.45, 2.75) is 25.0 Å². The van der Waals surface area contributed by atoms with Gasteiger partial charge in [-0.2, -0.15) is 0 Å². The van der Waals surface area contributed by atoms with Crippen molar-refractivity contribution in [1.29, 1.82) is 0 Å². The second-order valence-electron chi connectivity index (χ2n) is 4.99. The zero-order valence-corrected chi connectivity index (χ0v) is 14.1. The summed E-state index contributed by atoms with van der Waals surface area (Å²) in [4.78, 5) is 6.55. The van der Waals surface area contributed by atoms with Crippen LogP contribution in [0.5, 0.6) is 0 Å². The topological polar surface area (TPSA) is 48.9 Å². The SMILES string of the molecule is CN=C(NCC1CN(C)CCO1)NC1CC=CC1.I. The zero-order chi connectivity index (χ0) is 12.8. The molecule has 5 nitrogen and oxygen atoms in total. The molecule has 110 valence electrons. The maximum atomic E-state index is 5.71. The second-order valence-corrected chi connectivity index (χ2v) is 4.99. The van der Waals surface area contributed by atoms with Gasteiger partial charge in [0.05, 0.1) is 12.7 Å². The Morgan fingerprint density at radius 3 is 2.79 bits per heavy atom. The number of rotatable bonds is 3. The molecule has 1 unspecified atom stereocenters. The highest BCUT2D eigenvalue weighted by Gasteiger charge is 2.18. The molecule has 0 aromatic rings. The summed E-state index contributed by atoms with van der Waals surface area (Å²) >= 11 is 0. The Balaban J connectivity index is 0.00000180. The van der Waals surface area contributed by atoms with Gasteiger partial charge in [-0.3, -0.25) is 4.99 Å². The maximum Gasteiger partial charge on any atom is 0.191 e. The lowest BCUT2D eigenvalue weighted by Gasteiger charge is -2.30. The Hall–Kier alpha value is -0.340. The first-order chi connectivity index (χ1) is 8.78. The molecule has 0 radical (unpaired) electrons. The third kappa shape index (κ3) is 5.66. The highest BCUT2D eigenvalue weighted by Crippen LogP contribution is 2.08. The molecule has 0 aromatic heterocycles. The highest BCUT2D eigenvalue weighted by atomic mass is 127. The molecule has 0 bridgehead atoms. The van der Waals surface area contributed by atoms with E-state index in [1.807, 2.05) is 7.05 Å². The van der Waals surface area contributed by atoms with Crippen molar-refractivity contribution >= 4 is 29.9 Å². The minimum absolute atomic E-state index is 0. The van der Waals surface area contributed by atoms with Crippen molar-refractivity contribution in [2.75, 3.05) is 40.3 Å². The minimum atomic E-state index is 0. The van der Waals surface area contributed by atoms with Crippen LogP contribution in [-0.2, 0) is 4.74 Å². The van der Waals surface area contributed by atoms with Crippen LogP contribution in [0.2, 0.25) is 0 Å². The summed E-state index contributed by atoms with van der Waals surface area (Å²) in [6.45, 7) is 3.64. The third-order valence-corrected chi connectivity index (χ3v) is 3.41. The van der Waals surface area contributed by atoms with Crippen molar-refractivity contribution in [3.05, 3.63) is 12.2 Å². The quantitative estimate of drug-likeness (QED) is 0.330. The van der Waals surface area contributed by atoms with Crippen LogP contribution in [0.4, 0.5) is 0 Å². The largest absolute Gasteiger partial charge is 0.374 e. The predicted octanol–water partition coefficient (Wildman–Crippen LogP) is 0.819. The first-order valence-corrected chi connectivity index (χ1v) is 6.70. The van der Waals surface area contributed by atoms with Crippen LogP contribution >= 0.6 is 24.0 Å². The predicted molar refractivity (Wildman–Crippen MR) is 89.3 cm³/mol. The standard InChI is InChI=1S/C13H24N4O.HI/c1-14-13(16-11-5-3-4-6-11)15-9-12-10-17(2)7-8-18-12;/h3-4,11-12H,5-10H2,1-2H3,(H2,14,15,16);1H. The van der Waals surface area contributed by atoms with Crippen LogP contribution in [0, 0.1) is 0 Å². The summed E-state index contributed by atoms with van der Waals surface area (Å²) in [6.07, 6.45) is 6.85. The van der Waals surface area contributed by atoms with Gasteiger partial charge in [-0.05, 0) is 19.9 Å². The number of morpholine rings is 1. The van der Waals surface area contributed by atoms with Gasteiger partial charge in [0, 0.05) is 32.7 Å². The fourth-order valence-corrected chi connectivity index (χ4v) is 2.32. The van der Waals surface area contributed by atoms with E-state index in [0.29, 0.717) is 6.04 Å². The monoisotopic (exact) mass is 380 g/mol. The number of ether oxygens (including phenoxy) is 1. The van der Waals surface area contributed by atoms with Crippen molar-refractivity contribution in [2.24, 2.45) is 4.99 Å². The Morgan fingerprint density at radius 1 is 1.42 bits per heavy atom. The van der Waals surface area contributed by atoms with E-state index in [-0.39, 0.29) is 30.1 Å². The lowest BCUT2D eigenvalue weighted by atomic mass is 10.2. The van der Waals surface area contributed by atoms with Gasteiger partial charge >= 0.3 is 0 Å². The first-order valence-electron chi connectivity index (χ1n) is 6.70. The molecule has 19 heavy (non-hydrogen) atoms. The van der Waals surface area contributed by atoms with Gasteiger partial charge in [0.25, 0.3) is 0 Å². The zero-order valence-electron chi connectivity index (χ0n) is 11.8. The summed E-state index contributed by atoms with van der Waals surface area (Å²) in [6, 6.07) is 0.492. The van der Waals surface area contributed by atoms with E-state index in [1.165, 1.54) is 0 Å². The molecule has 0 aromatic carbocycles. The van der Waals surface area contributed by atoms with Gasteiger partial charge in [0.15, 0.2) is 5.96 Å². The molecular formula is C13H25IN4O. The van der Waals surface area contributed by atoms with Gasteiger partial charge in [-0.1, -0.05) is 12.2 Å². The molecule has 1 saturated heterocycles. The molecule has 0 saturated carbocycles. The average molecular weight is 380 g/mol. The Morgan fingerprint density at radius 2 is 2.16 bits per heavy atom. The fourth-order valence-electron chi connectivity index (χ4n) is 2.32. The molecule has 1 atom stereocenters. The summed E-state index contributed by atoms with van der Waals surface area (Å²) < 4.78 is 5.71. The average Bonchev–Trinajstić information content (AvgIpc) is 2.87. The molecule has 1 fully saturated rings. The molecule has 2 N–H and O–H groups in total. The van der Waals surface area contributed by atoms with Gasteiger partial charge in [0.2, 0.25) is 0 Å².